The Balaban J connectivity index is 1.18. The van der Waals surface area contributed by atoms with Crippen molar-refractivity contribution in [1.82, 2.24) is 9.80 Å². The number of ether oxygens (including phenoxy) is 3. The molecule has 2 fully saturated rings. The van der Waals surface area contributed by atoms with Gasteiger partial charge in [0.25, 0.3) is 0 Å². The topological polar surface area (TPSA) is 68.3 Å². The summed E-state index contributed by atoms with van der Waals surface area (Å²) in [6.07, 6.45) is 2.96. The van der Waals surface area contributed by atoms with Crippen LogP contribution in [0.3, 0.4) is 0 Å². The van der Waals surface area contributed by atoms with Gasteiger partial charge >= 0.3 is 12.1 Å². The normalized spacial score (nSPS) is 19.1. The molecule has 7 nitrogen and oxygen atoms in total. The minimum Gasteiger partial charge on any atom is -0.497 e. The molecule has 2 aliphatic heterocycles. The molecule has 0 N–H and O–H groups in total. The minimum absolute atomic E-state index is 0.216. The van der Waals surface area contributed by atoms with Gasteiger partial charge in [-0.1, -0.05) is 42.5 Å². The van der Waals surface area contributed by atoms with Crippen molar-refractivity contribution in [2.24, 2.45) is 5.92 Å². The number of benzene rings is 2. The van der Waals surface area contributed by atoms with Gasteiger partial charge in [-0.05, 0) is 68.0 Å². The predicted molar refractivity (Wildman–Crippen MR) is 128 cm³/mol. The highest BCUT2D eigenvalue weighted by Crippen LogP contribution is 2.23. The fraction of sp³-hybridized carbons (Fsp3) is 0.481. The summed E-state index contributed by atoms with van der Waals surface area (Å²) in [5.74, 6) is 0.865. The van der Waals surface area contributed by atoms with E-state index in [0.717, 1.165) is 50.2 Å². The summed E-state index contributed by atoms with van der Waals surface area (Å²) in [6.45, 7) is 3.98. The molecular formula is C27H34N2O5. The molecule has 2 aliphatic rings. The van der Waals surface area contributed by atoms with Crippen LogP contribution < -0.4 is 4.74 Å². The van der Waals surface area contributed by atoms with Crippen LogP contribution in [0.1, 0.15) is 36.8 Å². The lowest BCUT2D eigenvalue weighted by Gasteiger charge is -2.32. The van der Waals surface area contributed by atoms with Crippen molar-refractivity contribution in [2.45, 2.75) is 44.9 Å². The first-order valence-corrected chi connectivity index (χ1v) is 12.1. The molecule has 0 radical (unpaired) electrons. The lowest BCUT2D eigenvalue weighted by Crippen LogP contribution is -2.42. The van der Waals surface area contributed by atoms with E-state index in [4.69, 9.17) is 14.2 Å². The molecule has 182 valence electrons. The van der Waals surface area contributed by atoms with E-state index in [-0.39, 0.29) is 12.6 Å². The summed E-state index contributed by atoms with van der Waals surface area (Å²) in [6, 6.07) is 17.2. The zero-order valence-electron chi connectivity index (χ0n) is 19.9. The van der Waals surface area contributed by atoms with E-state index < -0.39 is 12.1 Å². The summed E-state index contributed by atoms with van der Waals surface area (Å²) in [4.78, 5) is 29.3. The molecule has 1 atom stereocenters. The predicted octanol–water partition coefficient (Wildman–Crippen LogP) is 4.25. The highest BCUT2D eigenvalue weighted by molar-refractivity contribution is 5.82. The van der Waals surface area contributed by atoms with Crippen LogP contribution in [-0.4, -0.2) is 61.3 Å². The standard InChI is InChI=1S/C27H34N2O5/c1-32-24-10-5-9-23(17-24)18-28-15-12-22(13-16-28)20-34-27(31)29-14-6-11-25(29)26(30)33-19-21-7-3-2-4-8-21/h2-5,7-10,17,22,25H,6,11-16,18-20H2,1H3. The van der Waals surface area contributed by atoms with Crippen molar-refractivity contribution in [3.63, 3.8) is 0 Å². The average molecular weight is 467 g/mol. The second-order valence-corrected chi connectivity index (χ2v) is 9.09. The van der Waals surface area contributed by atoms with Crippen molar-refractivity contribution >= 4 is 12.1 Å². The lowest BCUT2D eigenvalue weighted by atomic mass is 9.97. The minimum atomic E-state index is -0.555. The Morgan fingerprint density at radius 2 is 1.68 bits per heavy atom. The zero-order valence-corrected chi connectivity index (χ0v) is 19.9. The van der Waals surface area contributed by atoms with Crippen molar-refractivity contribution in [2.75, 3.05) is 33.4 Å². The number of likely N-dealkylation sites (tertiary alicyclic amines) is 2. The Morgan fingerprint density at radius 3 is 2.44 bits per heavy atom. The smallest absolute Gasteiger partial charge is 0.410 e. The summed E-state index contributed by atoms with van der Waals surface area (Å²) in [5.41, 5.74) is 2.17. The second-order valence-electron chi connectivity index (χ2n) is 9.09. The third-order valence-electron chi connectivity index (χ3n) is 6.67. The molecule has 34 heavy (non-hydrogen) atoms. The van der Waals surface area contributed by atoms with Gasteiger partial charge < -0.3 is 14.2 Å². The van der Waals surface area contributed by atoms with Gasteiger partial charge in [-0.2, -0.15) is 0 Å². The fourth-order valence-electron chi connectivity index (χ4n) is 4.67. The van der Waals surface area contributed by atoms with Gasteiger partial charge in [0.2, 0.25) is 0 Å². The van der Waals surface area contributed by atoms with Crippen LogP contribution in [0.2, 0.25) is 0 Å². The van der Waals surface area contributed by atoms with E-state index in [0.29, 0.717) is 25.5 Å². The Bertz CT molecular complexity index is 943. The van der Waals surface area contributed by atoms with Gasteiger partial charge in [-0.3, -0.25) is 9.80 Å². The summed E-state index contributed by atoms with van der Waals surface area (Å²) in [7, 11) is 1.68. The summed E-state index contributed by atoms with van der Waals surface area (Å²) < 4.78 is 16.4. The van der Waals surface area contributed by atoms with E-state index in [1.54, 1.807) is 7.11 Å². The van der Waals surface area contributed by atoms with Gasteiger partial charge in [0.15, 0.2) is 0 Å². The van der Waals surface area contributed by atoms with E-state index in [9.17, 15) is 9.59 Å². The monoisotopic (exact) mass is 466 g/mol. The Kier molecular flexibility index (Phi) is 8.41. The largest absolute Gasteiger partial charge is 0.497 e. The molecule has 7 heteroatoms. The van der Waals surface area contributed by atoms with E-state index in [2.05, 4.69) is 17.0 Å². The molecule has 2 heterocycles. The molecule has 0 spiro atoms. The molecule has 1 amide bonds. The van der Waals surface area contributed by atoms with Crippen LogP contribution in [0.15, 0.2) is 54.6 Å². The van der Waals surface area contributed by atoms with Crippen LogP contribution >= 0.6 is 0 Å². The van der Waals surface area contributed by atoms with Crippen LogP contribution in [0.4, 0.5) is 4.79 Å². The molecule has 2 aromatic rings. The van der Waals surface area contributed by atoms with Crippen LogP contribution in [0.5, 0.6) is 5.75 Å². The van der Waals surface area contributed by atoms with Gasteiger partial charge in [0.1, 0.15) is 18.4 Å². The zero-order chi connectivity index (χ0) is 23.8. The summed E-state index contributed by atoms with van der Waals surface area (Å²) in [5, 5.41) is 0. The molecule has 0 saturated carbocycles. The second kappa shape index (κ2) is 11.9. The quantitative estimate of drug-likeness (QED) is 0.542. The van der Waals surface area contributed by atoms with Crippen molar-refractivity contribution < 1.29 is 23.8 Å². The van der Waals surface area contributed by atoms with E-state index in [1.807, 2.05) is 42.5 Å². The number of nitrogens with zero attached hydrogens (tertiary/aromatic N) is 2. The van der Waals surface area contributed by atoms with Crippen LogP contribution in [0.25, 0.3) is 0 Å². The maximum atomic E-state index is 12.7. The van der Waals surface area contributed by atoms with Gasteiger partial charge in [0, 0.05) is 13.1 Å². The molecule has 0 aliphatic carbocycles. The number of carbonyl (C=O) groups excluding carboxylic acids is 2. The molecular weight excluding hydrogens is 432 g/mol. The van der Waals surface area contributed by atoms with Gasteiger partial charge in [-0.15, -0.1) is 0 Å². The lowest BCUT2D eigenvalue weighted by molar-refractivity contribution is -0.149. The maximum absolute atomic E-state index is 12.7. The Morgan fingerprint density at radius 1 is 0.912 bits per heavy atom. The van der Waals surface area contributed by atoms with Crippen molar-refractivity contribution in [3.8, 4) is 5.75 Å². The number of esters is 1. The Hall–Kier alpha value is -3.06. The highest BCUT2D eigenvalue weighted by atomic mass is 16.6. The number of hydrogen-bond acceptors (Lipinski definition) is 6. The molecule has 0 aromatic heterocycles. The van der Waals surface area contributed by atoms with Gasteiger partial charge in [-0.25, -0.2) is 9.59 Å². The molecule has 0 bridgehead atoms. The number of carbonyl (C=O) groups is 2. The number of rotatable bonds is 8. The average Bonchev–Trinajstić information content (AvgIpc) is 3.38. The number of amides is 1. The van der Waals surface area contributed by atoms with Crippen molar-refractivity contribution in [1.29, 1.82) is 0 Å². The number of hydrogen-bond donors (Lipinski definition) is 0. The van der Waals surface area contributed by atoms with E-state index >= 15 is 0 Å². The third kappa shape index (κ3) is 6.50. The summed E-state index contributed by atoms with van der Waals surface area (Å²) >= 11 is 0. The first kappa shape index (κ1) is 24.1. The highest BCUT2D eigenvalue weighted by Gasteiger charge is 2.36. The van der Waals surface area contributed by atoms with Crippen LogP contribution in [-0.2, 0) is 27.4 Å². The SMILES string of the molecule is COc1cccc(CN2CCC(COC(=O)N3CCCC3C(=O)OCc3ccccc3)CC2)c1. The maximum Gasteiger partial charge on any atom is 0.410 e. The number of piperidine rings is 1. The molecule has 2 aromatic carbocycles. The molecule has 4 rings (SSSR count). The van der Waals surface area contributed by atoms with E-state index in [1.165, 1.54) is 10.5 Å². The molecule has 2 saturated heterocycles. The van der Waals surface area contributed by atoms with Crippen LogP contribution in [0, 0.1) is 5.92 Å². The third-order valence-corrected chi connectivity index (χ3v) is 6.67. The first-order chi connectivity index (χ1) is 16.6. The van der Waals surface area contributed by atoms with Gasteiger partial charge in [0.05, 0.1) is 13.7 Å². The van der Waals surface area contributed by atoms with Crippen molar-refractivity contribution in [3.05, 3.63) is 65.7 Å². The fourth-order valence-corrected chi connectivity index (χ4v) is 4.67. The number of methoxy groups -OCH3 is 1. The Labute approximate surface area is 201 Å². The molecule has 1 unspecified atom stereocenters. The first-order valence-electron chi connectivity index (χ1n) is 12.1.